The summed E-state index contributed by atoms with van der Waals surface area (Å²) in [4.78, 5) is 15.9. The van der Waals surface area contributed by atoms with Gasteiger partial charge in [0.25, 0.3) is 5.91 Å². The molecule has 0 fully saturated rings. The number of rotatable bonds is 6. The first-order chi connectivity index (χ1) is 12.9. The second-order valence-corrected chi connectivity index (χ2v) is 6.66. The minimum atomic E-state index is -4.51. The number of nitrogens with one attached hydrogen (secondary N) is 1. The molecule has 0 saturated carbocycles. The first kappa shape index (κ1) is 19.0. The van der Waals surface area contributed by atoms with Gasteiger partial charge in [-0.3, -0.25) is 9.48 Å². The molecule has 0 radical (unpaired) electrons. The molecule has 27 heavy (non-hydrogen) atoms. The molecule has 0 aliphatic heterocycles. The minimum absolute atomic E-state index is 0.102. The van der Waals surface area contributed by atoms with Crippen molar-refractivity contribution in [1.29, 1.82) is 0 Å². The van der Waals surface area contributed by atoms with Crippen LogP contribution in [0.1, 0.15) is 21.5 Å². The van der Waals surface area contributed by atoms with Gasteiger partial charge in [0.2, 0.25) is 0 Å². The number of hydrogen-bond donors (Lipinski definition) is 1. The smallest absolute Gasteiger partial charge is 0.348 e. The number of pyridine rings is 1. The predicted octanol–water partition coefficient (Wildman–Crippen LogP) is 3.87. The molecule has 5 nitrogen and oxygen atoms in total. The van der Waals surface area contributed by atoms with Crippen LogP contribution < -0.4 is 5.32 Å². The van der Waals surface area contributed by atoms with Crippen LogP contribution >= 0.6 is 11.8 Å². The molecule has 2 heterocycles. The lowest BCUT2D eigenvalue weighted by atomic mass is 10.1. The first-order valence-electron chi connectivity index (χ1n) is 7.95. The number of aromatic nitrogens is 3. The highest BCUT2D eigenvalue weighted by molar-refractivity contribution is 8.00. The van der Waals surface area contributed by atoms with E-state index in [9.17, 15) is 18.0 Å². The molecule has 1 amide bonds. The number of halogens is 3. The molecular weight excluding hydrogens is 377 g/mol. The van der Waals surface area contributed by atoms with Gasteiger partial charge in [-0.1, -0.05) is 24.3 Å². The van der Waals surface area contributed by atoms with Crippen molar-refractivity contribution in [2.45, 2.75) is 23.6 Å². The Morgan fingerprint density at radius 3 is 2.48 bits per heavy atom. The maximum absolute atomic E-state index is 12.6. The number of carbonyl (C=O) groups is 1. The Kier molecular flexibility index (Phi) is 5.80. The standard InChI is InChI=1S/C18H15F3N4OS/c19-18(20,21)27-17-15(3-1-8-22-17)16(26)23-11-13-4-6-14(7-5-13)12-25-10-2-9-24-25/h1-10H,11-12H2,(H,23,26). The summed E-state index contributed by atoms with van der Waals surface area (Å²) in [5.41, 5.74) is -2.73. The summed E-state index contributed by atoms with van der Waals surface area (Å²) >= 11 is -0.399. The van der Waals surface area contributed by atoms with Gasteiger partial charge in [-0.15, -0.1) is 0 Å². The van der Waals surface area contributed by atoms with Crippen molar-refractivity contribution in [3.8, 4) is 0 Å². The van der Waals surface area contributed by atoms with Crippen molar-refractivity contribution in [3.05, 3.63) is 77.7 Å². The van der Waals surface area contributed by atoms with Gasteiger partial charge < -0.3 is 5.32 Å². The Bertz CT molecular complexity index is 896. The molecular formula is C18H15F3N4OS. The van der Waals surface area contributed by atoms with Crippen LogP contribution in [-0.2, 0) is 13.1 Å². The Labute approximate surface area is 157 Å². The van der Waals surface area contributed by atoms with E-state index in [1.54, 1.807) is 10.9 Å². The highest BCUT2D eigenvalue weighted by Gasteiger charge is 2.32. The van der Waals surface area contributed by atoms with Crippen LogP contribution in [0.2, 0.25) is 0 Å². The van der Waals surface area contributed by atoms with Gasteiger partial charge >= 0.3 is 5.51 Å². The van der Waals surface area contributed by atoms with Crippen molar-refractivity contribution in [3.63, 3.8) is 0 Å². The zero-order valence-corrected chi connectivity index (χ0v) is 14.8. The fourth-order valence-corrected chi connectivity index (χ4v) is 2.98. The Hall–Kier alpha value is -2.81. The molecule has 2 aromatic heterocycles. The number of benzene rings is 1. The van der Waals surface area contributed by atoms with Crippen molar-refractivity contribution in [1.82, 2.24) is 20.1 Å². The molecule has 0 spiro atoms. The van der Waals surface area contributed by atoms with Crippen LogP contribution in [0.15, 0.2) is 66.1 Å². The number of amides is 1. The van der Waals surface area contributed by atoms with E-state index in [0.717, 1.165) is 11.1 Å². The van der Waals surface area contributed by atoms with Gasteiger partial charge in [0.15, 0.2) is 0 Å². The van der Waals surface area contributed by atoms with E-state index in [1.165, 1.54) is 18.3 Å². The van der Waals surface area contributed by atoms with Crippen LogP contribution in [0, 0.1) is 0 Å². The average molecular weight is 392 g/mol. The van der Waals surface area contributed by atoms with E-state index in [-0.39, 0.29) is 17.1 Å². The lowest BCUT2D eigenvalue weighted by Gasteiger charge is -2.11. The Balaban J connectivity index is 1.61. The average Bonchev–Trinajstić information content (AvgIpc) is 3.13. The Morgan fingerprint density at radius 2 is 1.81 bits per heavy atom. The zero-order chi connectivity index (χ0) is 19.3. The highest BCUT2D eigenvalue weighted by atomic mass is 32.2. The van der Waals surface area contributed by atoms with Crippen molar-refractivity contribution in [2.75, 3.05) is 0 Å². The summed E-state index contributed by atoms with van der Waals surface area (Å²) in [6, 6.07) is 12.1. The molecule has 3 rings (SSSR count). The van der Waals surface area contributed by atoms with Crippen LogP contribution in [0.3, 0.4) is 0 Å². The second kappa shape index (κ2) is 8.26. The SMILES string of the molecule is O=C(NCc1ccc(Cn2cccn2)cc1)c1cccnc1SC(F)(F)F. The number of nitrogens with zero attached hydrogens (tertiary/aromatic N) is 3. The number of hydrogen-bond acceptors (Lipinski definition) is 4. The van der Waals surface area contributed by atoms with E-state index in [0.29, 0.717) is 6.54 Å². The summed E-state index contributed by atoms with van der Waals surface area (Å²) < 4.78 is 39.6. The third kappa shape index (κ3) is 5.58. The van der Waals surface area contributed by atoms with Crippen molar-refractivity contribution >= 4 is 17.7 Å². The van der Waals surface area contributed by atoms with E-state index in [2.05, 4.69) is 15.4 Å². The summed E-state index contributed by atoms with van der Waals surface area (Å²) in [5.74, 6) is -0.601. The number of thioether (sulfide) groups is 1. The second-order valence-electron chi connectivity index (χ2n) is 5.61. The highest BCUT2D eigenvalue weighted by Crippen LogP contribution is 2.37. The van der Waals surface area contributed by atoms with Gasteiger partial charge in [0.05, 0.1) is 12.1 Å². The fraction of sp³-hybridized carbons (Fsp3) is 0.167. The molecule has 1 aromatic carbocycles. The molecule has 9 heteroatoms. The topological polar surface area (TPSA) is 59.8 Å². The van der Waals surface area contributed by atoms with Crippen LogP contribution in [0.25, 0.3) is 0 Å². The van der Waals surface area contributed by atoms with Crippen LogP contribution in [0.4, 0.5) is 13.2 Å². The number of carbonyl (C=O) groups excluding carboxylic acids is 1. The van der Waals surface area contributed by atoms with Crippen LogP contribution in [-0.4, -0.2) is 26.2 Å². The molecule has 0 aliphatic rings. The van der Waals surface area contributed by atoms with Crippen molar-refractivity contribution in [2.24, 2.45) is 0 Å². The third-order valence-corrected chi connectivity index (χ3v) is 4.36. The predicted molar refractivity (Wildman–Crippen MR) is 95.1 cm³/mol. The van der Waals surface area contributed by atoms with E-state index in [4.69, 9.17) is 0 Å². The van der Waals surface area contributed by atoms with Crippen LogP contribution in [0.5, 0.6) is 0 Å². The summed E-state index contributed by atoms with van der Waals surface area (Å²) in [5, 5.41) is 6.40. The van der Waals surface area contributed by atoms with Gasteiger partial charge in [0.1, 0.15) is 5.03 Å². The lowest BCUT2D eigenvalue weighted by Crippen LogP contribution is -2.24. The van der Waals surface area contributed by atoms with E-state index >= 15 is 0 Å². The van der Waals surface area contributed by atoms with Gasteiger partial charge in [0, 0.05) is 36.9 Å². The first-order valence-corrected chi connectivity index (χ1v) is 8.76. The van der Waals surface area contributed by atoms with Crippen molar-refractivity contribution < 1.29 is 18.0 Å². The largest absolute Gasteiger partial charge is 0.447 e. The van der Waals surface area contributed by atoms with Gasteiger partial charge in [-0.2, -0.15) is 18.3 Å². The molecule has 0 aliphatic carbocycles. The van der Waals surface area contributed by atoms with Gasteiger partial charge in [-0.05, 0) is 29.3 Å². The molecule has 3 aromatic rings. The molecule has 0 saturated heterocycles. The summed E-state index contributed by atoms with van der Waals surface area (Å²) in [6.45, 7) is 0.833. The normalized spacial score (nSPS) is 11.4. The number of alkyl halides is 3. The third-order valence-electron chi connectivity index (χ3n) is 3.61. The summed E-state index contributed by atoms with van der Waals surface area (Å²) in [7, 11) is 0. The zero-order valence-electron chi connectivity index (χ0n) is 14.0. The molecule has 0 unspecified atom stereocenters. The quantitative estimate of drug-likeness (QED) is 0.647. The van der Waals surface area contributed by atoms with Gasteiger partial charge in [-0.25, -0.2) is 4.98 Å². The maximum atomic E-state index is 12.6. The molecule has 1 N–H and O–H groups in total. The molecule has 0 bridgehead atoms. The minimum Gasteiger partial charge on any atom is -0.348 e. The Morgan fingerprint density at radius 1 is 1.07 bits per heavy atom. The van der Waals surface area contributed by atoms with E-state index < -0.39 is 23.2 Å². The molecule has 0 atom stereocenters. The molecule has 140 valence electrons. The monoisotopic (exact) mass is 392 g/mol. The van der Waals surface area contributed by atoms with E-state index in [1.807, 2.05) is 36.5 Å². The fourth-order valence-electron chi connectivity index (χ4n) is 2.38. The summed E-state index contributed by atoms with van der Waals surface area (Å²) in [6.07, 6.45) is 4.79. The maximum Gasteiger partial charge on any atom is 0.447 e. The lowest BCUT2D eigenvalue weighted by molar-refractivity contribution is -0.0329.